The second-order valence-corrected chi connectivity index (χ2v) is 4.33. The number of aromatic nitrogens is 1. The molecule has 1 N–H and O–H groups in total. The molecule has 0 saturated carbocycles. The van der Waals surface area contributed by atoms with Gasteiger partial charge in [-0.2, -0.15) is 0 Å². The normalized spacial score (nSPS) is 22.4. The average Bonchev–Trinajstić information content (AvgIpc) is 2.71. The maximum absolute atomic E-state index is 5.25. The van der Waals surface area contributed by atoms with E-state index in [1.165, 1.54) is 12.8 Å². The molecule has 0 radical (unpaired) electrons. The number of nitrogens with zero attached hydrogens (tertiary/aromatic N) is 1. The molecule has 72 valence electrons. The molecule has 2 heterocycles. The van der Waals surface area contributed by atoms with Crippen molar-refractivity contribution in [2.45, 2.75) is 31.0 Å². The van der Waals surface area contributed by atoms with Crippen molar-refractivity contribution in [3.63, 3.8) is 0 Å². The zero-order valence-corrected chi connectivity index (χ0v) is 8.56. The van der Waals surface area contributed by atoms with Crippen LogP contribution in [-0.4, -0.2) is 23.3 Å². The lowest BCUT2D eigenvalue weighted by atomic mass is 10.3. The van der Waals surface area contributed by atoms with E-state index in [0.29, 0.717) is 6.04 Å². The largest absolute Gasteiger partial charge is 0.440 e. The minimum atomic E-state index is 0.650. The Morgan fingerprint density at radius 1 is 1.77 bits per heavy atom. The second kappa shape index (κ2) is 4.15. The van der Waals surface area contributed by atoms with E-state index in [1.807, 2.05) is 6.92 Å². The van der Waals surface area contributed by atoms with Crippen LogP contribution in [0.25, 0.3) is 0 Å². The van der Waals surface area contributed by atoms with Gasteiger partial charge in [-0.1, -0.05) is 11.8 Å². The van der Waals surface area contributed by atoms with Crippen LogP contribution in [0.3, 0.4) is 0 Å². The lowest BCUT2D eigenvalue weighted by molar-refractivity contribution is 0.453. The fourth-order valence-corrected chi connectivity index (χ4v) is 2.42. The van der Waals surface area contributed by atoms with Crippen molar-refractivity contribution < 1.29 is 4.42 Å². The van der Waals surface area contributed by atoms with Crippen molar-refractivity contribution in [2.75, 3.05) is 12.3 Å². The third-order valence-electron chi connectivity index (χ3n) is 2.17. The quantitative estimate of drug-likeness (QED) is 0.752. The molecule has 0 bridgehead atoms. The van der Waals surface area contributed by atoms with Crippen LogP contribution < -0.4 is 5.32 Å². The first kappa shape index (κ1) is 9.09. The van der Waals surface area contributed by atoms with Gasteiger partial charge in [0.15, 0.2) is 0 Å². The Kier molecular flexibility index (Phi) is 2.90. The summed E-state index contributed by atoms with van der Waals surface area (Å²) in [6.07, 6.45) is 4.28. The van der Waals surface area contributed by atoms with Gasteiger partial charge in [-0.05, 0) is 26.3 Å². The fraction of sp³-hybridized carbons (Fsp3) is 0.667. The summed E-state index contributed by atoms with van der Waals surface area (Å²) in [5.41, 5.74) is 0.960. The molecule has 0 unspecified atom stereocenters. The summed E-state index contributed by atoms with van der Waals surface area (Å²) in [5, 5.41) is 4.24. The average molecular weight is 198 g/mol. The number of aryl methyl sites for hydroxylation is 1. The first-order chi connectivity index (χ1) is 6.34. The highest BCUT2D eigenvalue weighted by molar-refractivity contribution is 7.99. The molecular formula is C9H14N2OS. The molecule has 13 heavy (non-hydrogen) atoms. The third kappa shape index (κ3) is 2.48. The predicted octanol–water partition coefficient (Wildman–Crippen LogP) is 1.83. The van der Waals surface area contributed by atoms with E-state index in [2.05, 4.69) is 10.3 Å². The molecule has 1 aromatic rings. The van der Waals surface area contributed by atoms with E-state index < -0.39 is 0 Å². The zero-order valence-electron chi connectivity index (χ0n) is 7.75. The number of oxazole rings is 1. The summed E-state index contributed by atoms with van der Waals surface area (Å²) >= 11 is 1.70. The summed E-state index contributed by atoms with van der Waals surface area (Å²) in [6, 6.07) is 0.650. The van der Waals surface area contributed by atoms with Crippen LogP contribution in [0.1, 0.15) is 18.5 Å². The molecule has 0 spiro atoms. The van der Waals surface area contributed by atoms with Crippen LogP contribution in [0.2, 0.25) is 0 Å². The number of hydrogen-bond donors (Lipinski definition) is 1. The molecule has 4 heteroatoms. The molecule has 1 saturated heterocycles. The third-order valence-corrected chi connectivity index (χ3v) is 3.17. The Labute approximate surface area is 82.3 Å². The molecule has 0 aromatic carbocycles. The van der Waals surface area contributed by atoms with Crippen LogP contribution in [0.4, 0.5) is 0 Å². The van der Waals surface area contributed by atoms with Crippen LogP contribution in [0, 0.1) is 6.92 Å². The molecule has 0 amide bonds. The highest BCUT2D eigenvalue weighted by Gasteiger charge is 2.15. The molecule has 0 aliphatic carbocycles. The molecule has 1 aliphatic rings. The van der Waals surface area contributed by atoms with Gasteiger partial charge >= 0.3 is 0 Å². The molecule has 1 atom stereocenters. The summed E-state index contributed by atoms with van der Waals surface area (Å²) in [4.78, 5) is 4.24. The van der Waals surface area contributed by atoms with Crippen molar-refractivity contribution >= 4 is 11.8 Å². The van der Waals surface area contributed by atoms with E-state index >= 15 is 0 Å². The van der Waals surface area contributed by atoms with E-state index in [9.17, 15) is 0 Å². The summed E-state index contributed by atoms with van der Waals surface area (Å²) in [6.45, 7) is 3.11. The second-order valence-electron chi connectivity index (χ2n) is 3.36. The lowest BCUT2D eigenvalue weighted by Gasteiger charge is -2.06. The van der Waals surface area contributed by atoms with Crippen LogP contribution >= 0.6 is 11.8 Å². The van der Waals surface area contributed by atoms with E-state index in [1.54, 1.807) is 18.0 Å². The topological polar surface area (TPSA) is 38.1 Å². The highest BCUT2D eigenvalue weighted by atomic mass is 32.2. The molecular weight excluding hydrogens is 184 g/mol. The molecule has 3 nitrogen and oxygen atoms in total. The number of nitrogens with one attached hydrogen (secondary N) is 1. The van der Waals surface area contributed by atoms with Crippen molar-refractivity contribution in [2.24, 2.45) is 0 Å². The Bertz CT molecular complexity index is 268. The number of hydrogen-bond acceptors (Lipinski definition) is 4. The van der Waals surface area contributed by atoms with Crippen LogP contribution in [-0.2, 0) is 0 Å². The maximum Gasteiger partial charge on any atom is 0.255 e. The van der Waals surface area contributed by atoms with Gasteiger partial charge in [-0.15, -0.1) is 0 Å². The van der Waals surface area contributed by atoms with E-state index in [0.717, 1.165) is 23.2 Å². The first-order valence-corrected chi connectivity index (χ1v) is 5.61. The highest BCUT2D eigenvalue weighted by Crippen LogP contribution is 2.20. The zero-order chi connectivity index (χ0) is 9.10. The fourth-order valence-electron chi connectivity index (χ4n) is 1.47. The smallest absolute Gasteiger partial charge is 0.255 e. The summed E-state index contributed by atoms with van der Waals surface area (Å²) < 4.78 is 5.25. The van der Waals surface area contributed by atoms with Gasteiger partial charge in [-0.3, -0.25) is 0 Å². The lowest BCUT2D eigenvalue weighted by Crippen LogP contribution is -2.23. The van der Waals surface area contributed by atoms with E-state index in [4.69, 9.17) is 4.42 Å². The predicted molar refractivity (Wildman–Crippen MR) is 53.0 cm³/mol. The monoisotopic (exact) mass is 198 g/mol. The van der Waals surface area contributed by atoms with Gasteiger partial charge in [-0.25, -0.2) is 4.98 Å². The Balaban J connectivity index is 1.78. The summed E-state index contributed by atoms with van der Waals surface area (Å²) in [7, 11) is 0. The van der Waals surface area contributed by atoms with Crippen molar-refractivity contribution in [1.82, 2.24) is 10.3 Å². The van der Waals surface area contributed by atoms with Crippen molar-refractivity contribution in [3.05, 3.63) is 12.0 Å². The van der Waals surface area contributed by atoms with Gasteiger partial charge < -0.3 is 9.73 Å². The van der Waals surface area contributed by atoms with Crippen LogP contribution in [0.15, 0.2) is 15.9 Å². The Hall–Kier alpha value is -0.480. The Morgan fingerprint density at radius 3 is 3.31 bits per heavy atom. The van der Waals surface area contributed by atoms with Gasteiger partial charge in [0.2, 0.25) is 0 Å². The number of thioether (sulfide) groups is 1. The van der Waals surface area contributed by atoms with Gasteiger partial charge in [0.05, 0.1) is 5.69 Å². The molecule has 1 aliphatic heterocycles. The van der Waals surface area contributed by atoms with Crippen molar-refractivity contribution in [3.8, 4) is 0 Å². The van der Waals surface area contributed by atoms with Crippen LogP contribution in [0.5, 0.6) is 0 Å². The van der Waals surface area contributed by atoms with Gasteiger partial charge in [0.1, 0.15) is 6.26 Å². The standard InChI is InChI=1S/C9H14N2OS/c1-7-5-12-9(11-7)13-6-8-3-2-4-10-8/h5,8,10H,2-4,6H2,1H3/t8-/m1/s1. The Morgan fingerprint density at radius 2 is 2.69 bits per heavy atom. The summed E-state index contributed by atoms with van der Waals surface area (Å²) in [5.74, 6) is 1.07. The number of rotatable bonds is 3. The van der Waals surface area contributed by atoms with Crippen molar-refractivity contribution in [1.29, 1.82) is 0 Å². The SMILES string of the molecule is Cc1coc(SC[C@H]2CCCN2)n1. The molecule has 1 aromatic heterocycles. The first-order valence-electron chi connectivity index (χ1n) is 4.63. The maximum atomic E-state index is 5.25. The minimum Gasteiger partial charge on any atom is -0.440 e. The molecule has 1 fully saturated rings. The molecule has 2 rings (SSSR count). The minimum absolute atomic E-state index is 0.650. The van der Waals surface area contributed by atoms with E-state index in [-0.39, 0.29) is 0 Å². The van der Waals surface area contributed by atoms with Gasteiger partial charge in [0.25, 0.3) is 5.22 Å². The van der Waals surface area contributed by atoms with Gasteiger partial charge in [0, 0.05) is 11.8 Å².